The molecule has 0 spiro atoms. The Morgan fingerprint density at radius 1 is 1.33 bits per heavy atom. The van der Waals surface area contributed by atoms with Crippen LogP contribution < -0.4 is 0 Å². The van der Waals surface area contributed by atoms with Crippen molar-refractivity contribution < 1.29 is 4.21 Å². The predicted molar refractivity (Wildman–Crippen MR) is 39.6 cm³/mol. The summed E-state index contributed by atoms with van der Waals surface area (Å²) in [7, 11) is -1.06. The van der Waals surface area contributed by atoms with E-state index in [9.17, 15) is 4.21 Å². The highest BCUT2D eigenvalue weighted by molar-refractivity contribution is 7.88. The molecule has 0 aromatic carbocycles. The second kappa shape index (κ2) is 2.06. The lowest BCUT2D eigenvalue weighted by atomic mass is 10.2. The van der Waals surface area contributed by atoms with E-state index in [0.717, 1.165) is 16.2 Å². The zero-order valence-electron chi connectivity index (χ0n) is 5.76. The Labute approximate surface area is 57.3 Å². The Morgan fingerprint density at radius 3 is 2.00 bits per heavy atom. The van der Waals surface area contributed by atoms with Crippen molar-refractivity contribution >= 4 is 16.7 Å². The molecule has 0 amide bonds. The highest BCUT2D eigenvalue weighted by atomic mass is 32.2. The molecule has 1 unspecified atom stereocenters. The Morgan fingerprint density at radius 2 is 1.89 bits per heavy atom. The Kier molecular flexibility index (Phi) is 1.53. The van der Waals surface area contributed by atoms with Gasteiger partial charge in [-0.05, 0) is 26.3 Å². The third-order valence-corrected chi connectivity index (χ3v) is 2.82. The molecule has 0 saturated carbocycles. The first-order chi connectivity index (χ1) is 4.13. The van der Waals surface area contributed by atoms with E-state index in [-0.39, 0.29) is 0 Å². The smallest absolute Gasteiger partial charge is 0.168 e. The van der Waals surface area contributed by atoms with E-state index in [1.54, 1.807) is 0 Å². The fourth-order valence-electron chi connectivity index (χ4n) is 0.647. The minimum Gasteiger partial charge on any atom is -0.230 e. The monoisotopic (exact) mass is 143 g/mol. The number of hydrogen-bond acceptors (Lipinski definition) is 1. The fourth-order valence-corrected chi connectivity index (χ4v) is 1.58. The van der Waals surface area contributed by atoms with Gasteiger partial charge >= 0.3 is 0 Å². The van der Waals surface area contributed by atoms with Crippen molar-refractivity contribution in [2.45, 2.75) is 20.8 Å². The van der Waals surface area contributed by atoms with Gasteiger partial charge in [0.05, 0.1) is 5.71 Å². The molecule has 0 aromatic heterocycles. The molecular weight excluding hydrogens is 134 g/mol. The molecule has 3 heteroatoms. The molecule has 0 aliphatic carbocycles. The third kappa shape index (κ3) is 0.965. The second-order valence-corrected chi connectivity index (χ2v) is 3.40. The van der Waals surface area contributed by atoms with E-state index in [1.165, 1.54) is 0 Å². The van der Waals surface area contributed by atoms with Crippen molar-refractivity contribution in [3.05, 3.63) is 10.5 Å². The van der Waals surface area contributed by atoms with Gasteiger partial charge < -0.3 is 0 Å². The summed E-state index contributed by atoms with van der Waals surface area (Å²) in [4.78, 5) is 0.896. The van der Waals surface area contributed by atoms with Gasteiger partial charge in [-0.2, -0.15) is 4.40 Å². The lowest BCUT2D eigenvalue weighted by Crippen LogP contribution is -1.86. The standard InChI is InChI=1S/C6H9NOS/c1-4-5(2)7-9(8)6(4)3/h1-3H3. The van der Waals surface area contributed by atoms with Crippen LogP contribution in [0.15, 0.2) is 14.9 Å². The summed E-state index contributed by atoms with van der Waals surface area (Å²) >= 11 is 0. The number of hydrogen-bond donors (Lipinski definition) is 0. The molecule has 0 saturated heterocycles. The van der Waals surface area contributed by atoms with Crippen LogP contribution in [-0.4, -0.2) is 9.92 Å². The predicted octanol–water partition coefficient (Wildman–Crippen LogP) is 1.42. The average molecular weight is 143 g/mol. The largest absolute Gasteiger partial charge is 0.230 e. The van der Waals surface area contributed by atoms with Crippen LogP contribution in [0.4, 0.5) is 0 Å². The van der Waals surface area contributed by atoms with Crippen molar-refractivity contribution in [1.29, 1.82) is 0 Å². The molecule has 50 valence electrons. The first kappa shape index (κ1) is 6.68. The zero-order valence-corrected chi connectivity index (χ0v) is 6.58. The highest BCUT2D eigenvalue weighted by Gasteiger charge is 2.14. The van der Waals surface area contributed by atoms with E-state index in [0.29, 0.717) is 0 Å². The van der Waals surface area contributed by atoms with Crippen LogP contribution in [0.5, 0.6) is 0 Å². The molecule has 1 heterocycles. The quantitative estimate of drug-likeness (QED) is 0.504. The van der Waals surface area contributed by atoms with Gasteiger partial charge in [0.1, 0.15) is 0 Å². The lowest BCUT2D eigenvalue weighted by molar-refractivity contribution is 0.688. The summed E-state index contributed by atoms with van der Waals surface area (Å²) in [6, 6.07) is 0. The molecule has 0 radical (unpaired) electrons. The Bertz CT molecular complexity index is 227. The molecule has 9 heavy (non-hydrogen) atoms. The van der Waals surface area contributed by atoms with Gasteiger partial charge in [0, 0.05) is 4.91 Å². The van der Waals surface area contributed by atoms with Crippen LogP contribution in [-0.2, 0) is 11.0 Å². The molecule has 0 bridgehead atoms. The molecule has 0 fully saturated rings. The van der Waals surface area contributed by atoms with Gasteiger partial charge in [-0.25, -0.2) is 4.21 Å². The summed E-state index contributed by atoms with van der Waals surface area (Å²) in [6.45, 7) is 5.67. The van der Waals surface area contributed by atoms with Gasteiger partial charge in [0.25, 0.3) is 0 Å². The molecule has 1 atom stereocenters. The van der Waals surface area contributed by atoms with Crippen molar-refractivity contribution in [2.24, 2.45) is 4.40 Å². The number of allylic oxidation sites excluding steroid dienone is 2. The molecule has 0 aromatic rings. The van der Waals surface area contributed by atoms with Crippen LogP contribution in [0, 0.1) is 0 Å². The first-order valence-electron chi connectivity index (χ1n) is 2.78. The summed E-state index contributed by atoms with van der Waals surface area (Å²) < 4.78 is 14.7. The maximum atomic E-state index is 10.9. The van der Waals surface area contributed by atoms with E-state index < -0.39 is 11.0 Å². The summed E-state index contributed by atoms with van der Waals surface area (Å²) in [5.41, 5.74) is 1.99. The van der Waals surface area contributed by atoms with Gasteiger partial charge in [0.15, 0.2) is 11.0 Å². The van der Waals surface area contributed by atoms with Crippen molar-refractivity contribution in [2.75, 3.05) is 0 Å². The Balaban J connectivity index is 3.11. The molecule has 1 aliphatic heterocycles. The molecule has 2 nitrogen and oxygen atoms in total. The number of nitrogens with zero attached hydrogens (tertiary/aromatic N) is 1. The molecule has 1 rings (SSSR count). The normalized spacial score (nSPS) is 27.0. The first-order valence-corrected chi connectivity index (χ1v) is 3.88. The minimum atomic E-state index is -1.06. The average Bonchev–Trinajstić information content (AvgIpc) is 1.98. The van der Waals surface area contributed by atoms with Gasteiger partial charge in [-0.3, -0.25) is 0 Å². The maximum Gasteiger partial charge on any atom is 0.168 e. The van der Waals surface area contributed by atoms with E-state index >= 15 is 0 Å². The van der Waals surface area contributed by atoms with E-state index in [4.69, 9.17) is 0 Å². The summed E-state index contributed by atoms with van der Waals surface area (Å²) in [5.74, 6) is 0. The topological polar surface area (TPSA) is 29.4 Å². The summed E-state index contributed by atoms with van der Waals surface area (Å²) in [6.07, 6.45) is 0. The zero-order chi connectivity index (χ0) is 7.02. The van der Waals surface area contributed by atoms with Gasteiger partial charge in [-0.15, -0.1) is 0 Å². The van der Waals surface area contributed by atoms with E-state index in [2.05, 4.69) is 4.40 Å². The second-order valence-electron chi connectivity index (χ2n) is 2.11. The SMILES string of the molecule is CC1=NS(=O)C(C)=C1C. The van der Waals surface area contributed by atoms with Crippen LogP contribution in [0.2, 0.25) is 0 Å². The maximum absolute atomic E-state index is 10.9. The van der Waals surface area contributed by atoms with Crippen molar-refractivity contribution in [1.82, 2.24) is 0 Å². The molecule has 0 N–H and O–H groups in total. The fraction of sp³-hybridized carbons (Fsp3) is 0.500. The van der Waals surface area contributed by atoms with Gasteiger partial charge in [0.2, 0.25) is 0 Å². The van der Waals surface area contributed by atoms with Crippen LogP contribution in [0.1, 0.15) is 20.8 Å². The molecule has 1 aliphatic rings. The Hall–Kier alpha value is -0.440. The minimum absolute atomic E-state index is 0.896. The number of rotatable bonds is 0. The molecular formula is C6H9NOS. The van der Waals surface area contributed by atoms with Crippen LogP contribution >= 0.6 is 0 Å². The van der Waals surface area contributed by atoms with Gasteiger partial charge in [-0.1, -0.05) is 0 Å². The lowest BCUT2D eigenvalue weighted by Gasteiger charge is -1.88. The third-order valence-electron chi connectivity index (χ3n) is 1.55. The van der Waals surface area contributed by atoms with Crippen molar-refractivity contribution in [3.8, 4) is 0 Å². The summed E-state index contributed by atoms with van der Waals surface area (Å²) in [5, 5.41) is 0. The highest BCUT2D eigenvalue weighted by Crippen LogP contribution is 2.18. The van der Waals surface area contributed by atoms with Crippen molar-refractivity contribution in [3.63, 3.8) is 0 Å². The van der Waals surface area contributed by atoms with Crippen LogP contribution in [0.3, 0.4) is 0 Å². The van der Waals surface area contributed by atoms with E-state index in [1.807, 2.05) is 20.8 Å². The van der Waals surface area contributed by atoms with Crippen LogP contribution in [0.25, 0.3) is 0 Å².